The van der Waals surface area contributed by atoms with Gasteiger partial charge in [0.25, 0.3) is 0 Å². The van der Waals surface area contributed by atoms with Crippen molar-refractivity contribution < 1.29 is 0 Å². The fourth-order valence-corrected chi connectivity index (χ4v) is 2.30. The zero-order valence-electron chi connectivity index (χ0n) is 12.3. The summed E-state index contributed by atoms with van der Waals surface area (Å²) in [5, 5.41) is 7.79. The smallest absolute Gasteiger partial charge is 0.106 e. The molecule has 0 saturated heterocycles. The standard InChI is InChI=1S/C14H23N5/c1-5-12-7-13(19(6-2)17-12)10-18-11(3)16-9-14(18)8-15-4/h7,9,15H,5-6,8,10H2,1-4H3. The van der Waals surface area contributed by atoms with Gasteiger partial charge in [-0.05, 0) is 33.4 Å². The normalized spacial score (nSPS) is 11.2. The quantitative estimate of drug-likeness (QED) is 0.861. The maximum Gasteiger partial charge on any atom is 0.106 e. The summed E-state index contributed by atoms with van der Waals surface area (Å²) in [6.07, 6.45) is 2.92. The topological polar surface area (TPSA) is 47.7 Å². The van der Waals surface area contributed by atoms with Gasteiger partial charge in [-0.1, -0.05) is 6.92 Å². The molecule has 0 spiro atoms. The van der Waals surface area contributed by atoms with E-state index in [1.54, 1.807) is 0 Å². The molecule has 0 unspecified atom stereocenters. The predicted molar refractivity (Wildman–Crippen MR) is 76.1 cm³/mol. The Hall–Kier alpha value is -1.62. The van der Waals surface area contributed by atoms with Crippen molar-refractivity contribution in [3.63, 3.8) is 0 Å². The Balaban J connectivity index is 2.29. The first-order valence-corrected chi connectivity index (χ1v) is 6.90. The first-order valence-electron chi connectivity index (χ1n) is 6.90. The molecule has 2 aromatic heterocycles. The average Bonchev–Trinajstić information content (AvgIpc) is 2.97. The number of aryl methyl sites for hydroxylation is 3. The predicted octanol–water partition coefficient (Wildman–Crippen LogP) is 1.74. The van der Waals surface area contributed by atoms with Crippen molar-refractivity contribution in [2.24, 2.45) is 0 Å². The molecule has 2 rings (SSSR count). The third-order valence-electron chi connectivity index (χ3n) is 3.39. The van der Waals surface area contributed by atoms with Gasteiger partial charge >= 0.3 is 0 Å². The minimum atomic E-state index is 0.835. The summed E-state index contributed by atoms with van der Waals surface area (Å²) in [5.41, 5.74) is 3.62. The lowest BCUT2D eigenvalue weighted by Gasteiger charge is -2.11. The van der Waals surface area contributed by atoms with Gasteiger partial charge in [0.1, 0.15) is 5.82 Å². The third kappa shape index (κ3) is 2.87. The van der Waals surface area contributed by atoms with Gasteiger partial charge in [-0.25, -0.2) is 4.98 Å². The number of hydrogen-bond donors (Lipinski definition) is 1. The number of aromatic nitrogens is 4. The number of hydrogen-bond acceptors (Lipinski definition) is 3. The molecule has 0 aliphatic heterocycles. The van der Waals surface area contributed by atoms with Crippen molar-refractivity contribution in [1.29, 1.82) is 0 Å². The fraction of sp³-hybridized carbons (Fsp3) is 0.571. The minimum absolute atomic E-state index is 0.835. The van der Waals surface area contributed by atoms with Crippen LogP contribution in [-0.4, -0.2) is 26.4 Å². The number of nitrogens with zero attached hydrogens (tertiary/aromatic N) is 4. The second-order valence-corrected chi connectivity index (χ2v) is 4.71. The lowest BCUT2D eigenvalue weighted by atomic mass is 10.3. The Bertz CT molecular complexity index is 538. The van der Waals surface area contributed by atoms with Crippen molar-refractivity contribution >= 4 is 0 Å². The van der Waals surface area contributed by atoms with Crippen LogP contribution in [0.4, 0.5) is 0 Å². The summed E-state index contributed by atoms with van der Waals surface area (Å²) >= 11 is 0. The molecule has 104 valence electrons. The molecule has 0 amide bonds. The molecule has 2 heterocycles. The first kappa shape index (κ1) is 13.8. The van der Waals surface area contributed by atoms with Crippen LogP contribution in [0.25, 0.3) is 0 Å². The highest BCUT2D eigenvalue weighted by molar-refractivity contribution is 5.14. The molecule has 19 heavy (non-hydrogen) atoms. The van der Waals surface area contributed by atoms with E-state index in [1.807, 2.05) is 20.2 Å². The molecule has 0 bridgehead atoms. The highest BCUT2D eigenvalue weighted by Crippen LogP contribution is 2.12. The van der Waals surface area contributed by atoms with Crippen LogP contribution < -0.4 is 5.32 Å². The Morgan fingerprint density at radius 1 is 1.26 bits per heavy atom. The lowest BCUT2D eigenvalue weighted by molar-refractivity contribution is 0.579. The van der Waals surface area contributed by atoms with Crippen molar-refractivity contribution in [2.75, 3.05) is 7.05 Å². The average molecular weight is 261 g/mol. The highest BCUT2D eigenvalue weighted by Gasteiger charge is 2.11. The second kappa shape index (κ2) is 6.02. The highest BCUT2D eigenvalue weighted by atomic mass is 15.3. The van der Waals surface area contributed by atoms with Gasteiger partial charge in [0.05, 0.1) is 23.6 Å². The van der Waals surface area contributed by atoms with Gasteiger partial charge in [0, 0.05) is 19.3 Å². The van der Waals surface area contributed by atoms with Crippen LogP contribution in [0.5, 0.6) is 0 Å². The molecule has 5 nitrogen and oxygen atoms in total. The Morgan fingerprint density at radius 3 is 2.68 bits per heavy atom. The monoisotopic (exact) mass is 261 g/mol. The first-order chi connectivity index (χ1) is 9.19. The molecular weight excluding hydrogens is 238 g/mol. The molecule has 0 aliphatic carbocycles. The van der Waals surface area contributed by atoms with E-state index in [0.29, 0.717) is 0 Å². The van der Waals surface area contributed by atoms with E-state index in [-0.39, 0.29) is 0 Å². The SMILES string of the molecule is CCc1cc(Cn2c(CNC)cnc2C)n(CC)n1. The van der Waals surface area contributed by atoms with Crippen molar-refractivity contribution in [2.45, 2.75) is 46.8 Å². The molecule has 0 fully saturated rings. The van der Waals surface area contributed by atoms with E-state index < -0.39 is 0 Å². The number of rotatable bonds is 6. The van der Waals surface area contributed by atoms with Crippen LogP contribution in [0.3, 0.4) is 0 Å². The molecule has 1 N–H and O–H groups in total. The maximum absolute atomic E-state index is 4.60. The van der Waals surface area contributed by atoms with E-state index in [0.717, 1.165) is 37.6 Å². The Labute approximate surface area is 114 Å². The van der Waals surface area contributed by atoms with Gasteiger partial charge < -0.3 is 9.88 Å². The summed E-state index contributed by atoms with van der Waals surface area (Å²) in [6.45, 7) is 8.90. The minimum Gasteiger partial charge on any atom is -0.325 e. The van der Waals surface area contributed by atoms with Gasteiger partial charge in [-0.15, -0.1) is 0 Å². The molecule has 0 atom stereocenters. The summed E-state index contributed by atoms with van der Waals surface area (Å²) in [7, 11) is 1.96. The zero-order valence-corrected chi connectivity index (χ0v) is 12.3. The van der Waals surface area contributed by atoms with Crippen molar-refractivity contribution in [3.8, 4) is 0 Å². The summed E-state index contributed by atoms with van der Waals surface area (Å²) in [5.74, 6) is 1.05. The summed E-state index contributed by atoms with van der Waals surface area (Å²) < 4.78 is 4.33. The van der Waals surface area contributed by atoms with E-state index in [1.165, 1.54) is 11.4 Å². The Morgan fingerprint density at radius 2 is 2.05 bits per heavy atom. The van der Waals surface area contributed by atoms with Gasteiger partial charge in [-0.2, -0.15) is 5.10 Å². The number of nitrogens with one attached hydrogen (secondary N) is 1. The number of imidazole rings is 1. The van der Waals surface area contributed by atoms with Crippen molar-refractivity contribution in [1.82, 2.24) is 24.6 Å². The molecule has 0 aliphatic rings. The van der Waals surface area contributed by atoms with Crippen LogP contribution in [0.15, 0.2) is 12.3 Å². The van der Waals surface area contributed by atoms with E-state index >= 15 is 0 Å². The van der Waals surface area contributed by atoms with Crippen molar-refractivity contribution in [3.05, 3.63) is 35.2 Å². The fourth-order valence-electron chi connectivity index (χ4n) is 2.30. The van der Waals surface area contributed by atoms with Crippen LogP contribution in [0.2, 0.25) is 0 Å². The van der Waals surface area contributed by atoms with Crippen LogP contribution in [0, 0.1) is 6.92 Å². The zero-order chi connectivity index (χ0) is 13.8. The van der Waals surface area contributed by atoms with Crippen LogP contribution in [-0.2, 0) is 26.1 Å². The molecule has 5 heteroatoms. The van der Waals surface area contributed by atoms with E-state index in [9.17, 15) is 0 Å². The molecule has 0 radical (unpaired) electrons. The second-order valence-electron chi connectivity index (χ2n) is 4.71. The molecule has 2 aromatic rings. The van der Waals surface area contributed by atoms with Crippen LogP contribution in [0.1, 0.15) is 36.8 Å². The largest absolute Gasteiger partial charge is 0.325 e. The van der Waals surface area contributed by atoms with Crippen LogP contribution >= 0.6 is 0 Å². The van der Waals surface area contributed by atoms with Gasteiger partial charge in [0.15, 0.2) is 0 Å². The van der Waals surface area contributed by atoms with Gasteiger partial charge in [-0.3, -0.25) is 4.68 Å². The van der Waals surface area contributed by atoms with E-state index in [2.05, 4.69) is 44.6 Å². The van der Waals surface area contributed by atoms with Gasteiger partial charge in [0.2, 0.25) is 0 Å². The summed E-state index contributed by atoms with van der Waals surface area (Å²) in [6, 6.07) is 2.20. The Kier molecular flexibility index (Phi) is 4.37. The maximum atomic E-state index is 4.60. The lowest BCUT2D eigenvalue weighted by Crippen LogP contribution is -2.15. The molecule has 0 aromatic carbocycles. The van der Waals surface area contributed by atoms with E-state index in [4.69, 9.17) is 0 Å². The summed E-state index contributed by atoms with van der Waals surface area (Å²) in [4.78, 5) is 4.41. The third-order valence-corrected chi connectivity index (χ3v) is 3.39. The molecule has 0 saturated carbocycles. The molecular formula is C14H23N5.